The number of hydrogen-bond acceptors (Lipinski definition) is 6. The number of nitrogens with zero attached hydrogens (tertiary/aromatic N) is 4. The van der Waals surface area contributed by atoms with Crippen LogP contribution in [0.5, 0.6) is 0 Å². The van der Waals surface area contributed by atoms with Crippen molar-refractivity contribution < 1.29 is 14.0 Å². The monoisotopic (exact) mass is 508 g/mol. The van der Waals surface area contributed by atoms with E-state index in [4.69, 9.17) is 0 Å². The molecule has 186 valence electrons. The summed E-state index contributed by atoms with van der Waals surface area (Å²) < 4.78 is 16.9. The summed E-state index contributed by atoms with van der Waals surface area (Å²) in [6.45, 7) is 1.65. The molecule has 2 aromatic heterocycles. The summed E-state index contributed by atoms with van der Waals surface area (Å²) >= 11 is 1.13. The molecule has 4 aromatic rings. The second kappa shape index (κ2) is 9.73. The van der Waals surface area contributed by atoms with E-state index in [1.54, 1.807) is 48.7 Å². The van der Waals surface area contributed by atoms with Crippen molar-refractivity contribution in [2.45, 2.75) is 43.8 Å². The van der Waals surface area contributed by atoms with Gasteiger partial charge in [-0.2, -0.15) is 0 Å². The minimum Gasteiger partial charge on any atom is -0.349 e. The number of nitrogens with one attached hydrogen (secondary N) is 2. The van der Waals surface area contributed by atoms with Gasteiger partial charge in [0.05, 0.1) is 16.7 Å². The molecule has 0 unspecified atom stereocenters. The minimum absolute atomic E-state index is 0.0114. The van der Waals surface area contributed by atoms with Gasteiger partial charge in [-0.1, -0.05) is 30.7 Å². The van der Waals surface area contributed by atoms with Gasteiger partial charge in [0.15, 0.2) is 5.16 Å². The fourth-order valence-electron chi connectivity index (χ4n) is 4.43. The van der Waals surface area contributed by atoms with Gasteiger partial charge in [-0.3, -0.25) is 23.4 Å². The summed E-state index contributed by atoms with van der Waals surface area (Å²) in [5, 5.41) is 14.9. The fraction of sp³-hybridized carbons (Fsp3) is 0.320. The third-order valence-corrected chi connectivity index (χ3v) is 7.36. The Kier molecular flexibility index (Phi) is 6.48. The predicted molar refractivity (Wildman–Crippen MR) is 136 cm³/mol. The Balaban J connectivity index is 1.44. The highest BCUT2D eigenvalue weighted by atomic mass is 32.2. The number of carbonyl (C=O) groups is 2. The van der Waals surface area contributed by atoms with Crippen LogP contribution in [0.25, 0.3) is 16.7 Å². The molecule has 1 fully saturated rings. The number of anilines is 1. The number of aromatic nitrogens is 4. The Hall–Kier alpha value is -3.73. The molecule has 0 aliphatic heterocycles. The molecule has 9 nitrogen and oxygen atoms in total. The Morgan fingerprint density at radius 3 is 2.67 bits per heavy atom. The normalized spacial score (nSPS) is 14.0. The topological polar surface area (TPSA) is 110 Å². The molecule has 2 N–H and O–H groups in total. The second-order valence-corrected chi connectivity index (χ2v) is 9.91. The molecule has 1 saturated carbocycles. The van der Waals surface area contributed by atoms with E-state index in [1.165, 1.54) is 10.6 Å². The lowest BCUT2D eigenvalue weighted by molar-refractivity contribution is -0.113. The van der Waals surface area contributed by atoms with E-state index in [9.17, 15) is 18.8 Å². The molecule has 2 amide bonds. The van der Waals surface area contributed by atoms with Crippen LogP contribution in [0.2, 0.25) is 0 Å². The number of fused-ring (bicyclic) bond motifs is 3. The smallest absolute Gasteiger partial charge is 0.262 e. The van der Waals surface area contributed by atoms with E-state index in [2.05, 4.69) is 20.8 Å². The van der Waals surface area contributed by atoms with Crippen molar-refractivity contribution in [3.63, 3.8) is 0 Å². The lowest BCUT2D eigenvalue weighted by Gasteiger charge is -2.13. The van der Waals surface area contributed by atoms with E-state index in [0.29, 0.717) is 38.7 Å². The average Bonchev–Trinajstić information content (AvgIpc) is 3.53. The molecule has 0 spiro atoms. The molecule has 0 atom stereocenters. The van der Waals surface area contributed by atoms with Gasteiger partial charge in [-0.15, -0.1) is 10.2 Å². The van der Waals surface area contributed by atoms with Crippen molar-refractivity contribution in [2.24, 2.45) is 7.05 Å². The number of carbonyl (C=O) groups excluding carboxylic acids is 2. The Morgan fingerprint density at radius 1 is 1.14 bits per heavy atom. The molecular formula is C25H25FN6O3S. The number of thioether (sulfide) groups is 1. The molecule has 0 bridgehead atoms. The first-order valence-corrected chi connectivity index (χ1v) is 12.7. The number of amides is 2. The van der Waals surface area contributed by atoms with E-state index in [0.717, 1.165) is 37.4 Å². The SMILES string of the molecule is Cc1ccc(NC(=O)CSc2nnc3n(C)c(=O)c4ccc(C(=O)NC5CCCC5)cc4n23)cc1F. The van der Waals surface area contributed by atoms with Crippen LogP contribution in [-0.4, -0.2) is 42.8 Å². The third kappa shape index (κ3) is 4.58. The van der Waals surface area contributed by atoms with Crippen LogP contribution < -0.4 is 16.2 Å². The summed E-state index contributed by atoms with van der Waals surface area (Å²) in [5.74, 6) is -0.647. The lowest BCUT2D eigenvalue weighted by Crippen LogP contribution is -2.32. The Morgan fingerprint density at radius 2 is 1.92 bits per heavy atom. The molecule has 0 saturated heterocycles. The van der Waals surface area contributed by atoms with E-state index in [1.807, 2.05) is 0 Å². The van der Waals surface area contributed by atoms with Crippen LogP contribution >= 0.6 is 11.8 Å². The maximum absolute atomic E-state index is 13.8. The zero-order valence-electron chi connectivity index (χ0n) is 19.9. The predicted octanol–water partition coefficient (Wildman–Crippen LogP) is 3.43. The van der Waals surface area contributed by atoms with Gasteiger partial charge in [-0.05, 0) is 55.7 Å². The van der Waals surface area contributed by atoms with Crippen molar-refractivity contribution in [3.8, 4) is 0 Å². The first kappa shape index (κ1) is 24.0. The van der Waals surface area contributed by atoms with Gasteiger partial charge in [0.2, 0.25) is 11.7 Å². The highest BCUT2D eigenvalue weighted by Gasteiger charge is 2.21. The molecule has 36 heavy (non-hydrogen) atoms. The van der Waals surface area contributed by atoms with Crippen LogP contribution in [0, 0.1) is 12.7 Å². The van der Waals surface area contributed by atoms with Crippen molar-refractivity contribution in [3.05, 3.63) is 63.7 Å². The number of rotatable bonds is 6. The summed E-state index contributed by atoms with van der Waals surface area (Å²) in [7, 11) is 1.60. The standard InChI is InChI=1S/C25H25FN6O3S/c1-14-7-9-17(12-19(14)26)27-21(33)13-36-25-30-29-24-31(2)23(35)18-10-8-15(11-20(18)32(24)25)22(34)28-16-5-3-4-6-16/h7-12,16H,3-6,13H2,1-2H3,(H,27,33)(H,28,34). The summed E-state index contributed by atoms with van der Waals surface area (Å²) in [5.41, 5.74) is 1.52. The van der Waals surface area contributed by atoms with Crippen LogP contribution in [0.3, 0.4) is 0 Å². The first-order valence-electron chi connectivity index (χ1n) is 11.7. The number of benzene rings is 2. The largest absolute Gasteiger partial charge is 0.349 e. The van der Waals surface area contributed by atoms with E-state index in [-0.39, 0.29) is 29.2 Å². The highest BCUT2D eigenvalue weighted by molar-refractivity contribution is 7.99. The van der Waals surface area contributed by atoms with E-state index >= 15 is 0 Å². The second-order valence-electron chi connectivity index (χ2n) is 8.97. The first-order chi connectivity index (χ1) is 17.3. The van der Waals surface area contributed by atoms with Gasteiger partial charge in [0.1, 0.15) is 5.82 Å². The maximum atomic E-state index is 13.8. The molecule has 1 aliphatic rings. The Labute approximate surface area is 210 Å². The maximum Gasteiger partial charge on any atom is 0.262 e. The van der Waals surface area contributed by atoms with Crippen molar-refractivity contribution >= 4 is 45.9 Å². The van der Waals surface area contributed by atoms with Crippen molar-refractivity contribution in [2.75, 3.05) is 11.1 Å². The quantitative estimate of drug-likeness (QED) is 0.386. The minimum atomic E-state index is -0.399. The zero-order chi connectivity index (χ0) is 25.4. The molecule has 11 heteroatoms. The molecular weight excluding hydrogens is 483 g/mol. The van der Waals surface area contributed by atoms with E-state index < -0.39 is 5.82 Å². The van der Waals surface area contributed by atoms with Crippen LogP contribution in [0.15, 0.2) is 46.3 Å². The van der Waals surface area contributed by atoms with Crippen LogP contribution in [0.4, 0.5) is 10.1 Å². The van der Waals surface area contributed by atoms with Crippen molar-refractivity contribution in [1.82, 2.24) is 24.5 Å². The number of hydrogen-bond donors (Lipinski definition) is 2. The molecule has 1 aliphatic carbocycles. The van der Waals surface area contributed by atoms with Gasteiger partial charge >= 0.3 is 0 Å². The number of halogens is 1. The van der Waals surface area contributed by atoms with Gasteiger partial charge in [0.25, 0.3) is 11.5 Å². The van der Waals surface area contributed by atoms with Gasteiger partial charge in [-0.25, -0.2) is 4.39 Å². The summed E-state index contributed by atoms with van der Waals surface area (Å²) in [6, 6.07) is 9.60. The highest BCUT2D eigenvalue weighted by Crippen LogP contribution is 2.24. The number of aryl methyl sites for hydroxylation is 2. The zero-order valence-corrected chi connectivity index (χ0v) is 20.7. The molecule has 2 aromatic carbocycles. The van der Waals surface area contributed by atoms with Gasteiger partial charge in [0, 0.05) is 24.3 Å². The summed E-state index contributed by atoms with van der Waals surface area (Å²) in [6.07, 6.45) is 4.14. The molecule has 5 rings (SSSR count). The fourth-order valence-corrected chi connectivity index (χ4v) is 5.17. The summed E-state index contributed by atoms with van der Waals surface area (Å²) in [4.78, 5) is 38.3. The molecule has 0 radical (unpaired) electrons. The lowest BCUT2D eigenvalue weighted by atomic mass is 10.1. The van der Waals surface area contributed by atoms with Crippen LogP contribution in [-0.2, 0) is 11.8 Å². The van der Waals surface area contributed by atoms with Crippen LogP contribution in [0.1, 0.15) is 41.6 Å². The van der Waals surface area contributed by atoms with Crippen molar-refractivity contribution in [1.29, 1.82) is 0 Å². The average molecular weight is 509 g/mol. The van der Waals surface area contributed by atoms with Gasteiger partial charge < -0.3 is 10.6 Å². The molecule has 2 heterocycles. The third-order valence-electron chi connectivity index (χ3n) is 6.43. The Bertz CT molecular complexity index is 1560.